The second-order valence-electron chi connectivity index (χ2n) is 9.08. The molecule has 0 heterocycles. The number of carbonyl (C=O) groups is 2. The maximum atomic E-state index is 11.7. The molecule has 0 fully saturated rings. The van der Waals surface area contributed by atoms with Crippen LogP contribution in [0.3, 0.4) is 0 Å². The minimum absolute atomic E-state index is 0.346. The number of benzene rings is 4. The molecule has 0 spiro atoms. The van der Waals surface area contributed by atoms with Gasteiger partial charge in [0.15, 0.2) is 0 Å². The van der Waals surface area contributed by atoms with E-state index in [1.165, 1.54) is 12.2 Å². The van der Waals surface area contributed by atoms with Crippen molar-refractivity contribution in [3.05, 3.63) is 108 Å². The zero-order valence-corrected chi connectivity index (χ0v) is 23.1. The van der Waals surface area contributed by atoms with E-state index in [1.54, 1.807) is 13.8 Å². The highest BCUT2D eigenvalue weighted by atomic mass is 16.5. The van der Waals surface area contributed by atoms with E-state index in [0.29, 0.717) is 36.2 Å². The fraction of sp³-hybridized carbons (Fsp3) is 0.176. The third-order valence-electron chi connectivity index (χ3n) is 6.12. The van der Waals surface area contributed by atoms with Crippen LogP contribution in [0.25, 0.3) is 21.9 Å². The highest BCUT2D eigenvalue weighted by Gasteiger charge is 2.06. The van der Waals surface area contributed by atoms with E-state index in [-0.39, 0.29) is 11.9 Å². The first-order valence-electron chi connectivity index (χ1n) is 13.1. The van der Waals surface area contributed by atoms with Gasteiger partial charge in [-0.1, -0.05) is 36.4 Å². The Morgan fingerprint density at radius 1 is 0.550 bits per heavy atom. The second kappa shape index (κ2) is 13.3. The van der Waals surface area contributed by atoms with Crippen molar-refractivity contribution in [3.8, 4) is 23.0 Å². The predicted molar refractivity (Wildman–Crippen MR) is 158 cm³/mol. The Kier molecular flexibility index (Phi) is 9.36. The minimum atomic E-state index is -0.352. The summed E-state index contributed by atoms with van der Waals surface area (Å²) in [5.41, 5.74) is 3.47. The third-order valence-corrected chi connectivity index (χ3v) is 6.12. The number of fused-ring (bicyclic) bond motifs is 1. The third kappa shape index (κ3) is 7.60. The first kappa shape index (κ1) is 28.2. The van der Waals surface area contributed by atoms with E-state index in [2.05, 4.69) is 0 Å². The quantitative estimate of drug-likeness (QED) is 0.150. The summed E-state index contributed by atoms with van der Waals surface area (Å²) >= 11 is 0. The van der Waals surface area contributed by atoms with Crippen LogP contribution in [0.5, 0.6) is 23.0 Å². The van der Waals surface area contributed by atoms with Crippen LogP contribution in [0.2, 0.25) is 0 Å². The molecule has 6 heteroatoms. The van der Waals surface area contributed by atoms with Gasteiger partial charge >= 0.3 is 11.9 Å². The Bertz CT molecular complexity index is 1430. The molecule has 0 aliphatic rings. The molecule has 0 aliphatic carbocycles. The van der Waals surface area contributed by atoms with Crippen LogP contribution >= 0.6 is 0 Å². The molecule has 0 aliphatic heterocycles. The van der Waals surface area contributed by atoms with Gasteiger partial charge in [-0.3, -0.25) is 0 Å². The summed E-state index contributed by atoms with van der Waals surface area (Å²) in [7, 11) is 0. The minimum Gasteiger partial charge on any atom is -0.463 e. The SMILES string of the molecule is CCOC(=O)C=C(C)c1ccc(Oc2ccc3ccc(Oc4ccc(C(C)=CC(=O)OCC)cc4)cc3c2)cc1. The maximum Gasteiger partial charge on any atom is 0.331 e. The highest BCUT2D eigenvalue weighted by Crippen LogP contribution is 2.31. The number of rotatable bonds is 10. The van der Waals surface area contributed by atoms with Crippen molar-refractivity contribution in [2.24, 2.45) is 0 Å². The normalized spacial score (nSPS) is 11.7. The second-order valence-corrected chi connectivity index (χ2v) is 9.08. The lowest BCUT2D eigenvalue weighted by Gasteiger charge is -2.10. The van der Waals surface area contributed by atoms with E-state index in [1.807, 2.05) is 98.8 Å². The van der Waals surface area contributed by atoms with Crippen LogP contribution in [0.1, 0.15) is 38.8 Å². The van der Waals surface area contributed by atoms with Gasteiger partial charge in [0.25, 0.3) is 0 Å². The smallest absolute Gasteiger partial charge is 0.331 e. The highest BCUT2D eigenvalue weighted by molar-refractivity contribution is 5.91. The molecule has 0 radical (unpaired) electrons. The van der Waals surface area contributed by atoms with Gasteiger partial charge in [-0.05, 0) is 109 Å². The number of hydrogen-bond donors (Lipinski definition) is 0. The summed E-state index contributed by atoms with van der Waals surface area (Å²) in [6.45, 7) is 7.99. The van der Waals surface area contributed by atoms with Gasteiger partial charge in [0, 0.05) is 12.2 Å². The number of esters is 2. The van der Waals surface area contributed by atoms with Crippen molar-refractivity contribution in [2.75, 3.05) is 13.2 Å². The van der Waals surface area contributed by atoms with Gasteiger partial charge in [-0.15, -0.1) is 0 Å². The fourth-order valence-electron chi connectivity index (χ4n) is 4.06. The fourth-order valence-corrected chi connectivity index (χ4v) is 4.06. The van der Waals surface area contributed by atoms with Gasteiger partial charge < -0.3 is 18.9 Å². The average Bonchev–Trinajstić information content (AvgIpc) is 2.94. The lowest BCUT2D eigenvalue weighted by molar-refractivity contribution is -0.138. The zero-order chi connectivity index (χ0) is 28.5. The van der Waals surface area contributed by atoms with Crippen molar-refractivity contribution in [1.82, 2.24) is 0 Å². The van der Waals surface area contributed by atoms with Gasteiger partial charge in [0.05, 0.1) is 13.2 Å². The molecule has 0 saturated carbocycles. The molecule has 4 aromatic rings. The zero-order valence-electron chi connectivity index (χ0n) is 23.1. The lowest BCUT2D eigenvalue weighted by Crippen LogP contribution is -2.00. The summed E-state index contributed by atoms with van der Waals surface area (Å²) < 4.78 is 22.1. The average molecular weight is 537 g/mol. The molecule has 0 amide bonds. The summed E-state index contributed by atoms with van der Waals surface area (Å²) in [6, 6.07) is 26.9. The molecule has 0 aromatic heterocycles. The molecule has 0 saturated heterocycles. The van der Waals surface area contributed by atoms with Crippen molar-refractivity contribution in [2.45, 2.75) is 27.7 Å². The Hall–Kier alpha value is -4.84. The standard InChI is InChI=1S/C34H32O6/c1-5-37-33(35)19-23(3)25-7-13-29(14-8-25)39-31-17-11-27-12-18-32(22-28(27)21-31)40-30-15-9-26(10-16-30)24(4)20-34(36)38-6-2/h7-22H,5-6H2,1-4H3. The number of carbonyl (C=O) groups excluding carboxylic acids is 2. The van der Waals surface area contributed by atoms with E-state index in [9.17, 15) is 9.59 Å². The maximum absolute atomic E-state index is 11.7. The molecule has 0 atom stereocenters. The monoisotopic (exact) mass is 536 g/mol. The van der Waals surface area contributed by atoms with Crippen molar-refractivity contribution < 1.29 is 28.5 Å². The van der Waals surface area contributed by atoms with E-state index in [4.69, 9.17) is 18.9 Å². The van der Waals surface area contributed by atoms with Crippen molar-refractivity contribution in [3.63, 3.8) is 0 Å². The first-order valence-corrected chi connectivity index (χ1v) is 13.1. The summed E-state index contributed by atoms with van der Waals surface area (Å²) in [5.74, 6) is 2.07. The largest absolute Gasteiger partial charge is 0.463 e. The van der Waals surface area contributed by atoms with Crippen LogP contribution in [-0.4, -0.2) is 25.2 Å². The predicted octanol–water partition coefficient (Wildman–Crippen LogP) is 8.36. The molecule has 6 nitrogen and oxygen atoms in total. The van der Waals surface area contributed by atoms with E-state index in [0.717, 1.165) is 33.0 Å². The van der Waals surface area contributed by atoms with Crippen molar-refractivity contribution >= 4 is 33.9 Å². The Morgan fingerprint density at radius 2 is 0.925 bits per heavy atom. The van der Waals surface area contributed by atoms with Gasteiger partial charge in [-0.2, -0.15) is 0 Å². The molecular formula is C34H32O6. The number of ether oxygens (including phenoxy) is 4. The van der Waals surface area contributed by atoms with Gasteiger partial charge in [0.1, 0.15) is 23.0 Å². The Labute approximate surface area is 234 Å². The summed E-state index contributed by atoms with van der Waals surface area (Å²) in [5, 5.41) is 2.04. The molecule has 0 unspecified atom stereocenters. The lowest BCUT2D eigenvalue weighted by atomic mass is 10.1. The number of hydrogen-bond acceptors (Lipinski definition) is 6. The van der Waals surface area contributed by atoms with E-state index >= 15 is 0 Å². The Balaban J connectivity index is 1.44. The molecule has 4 aromatic carbocycles. The van der Waals surface area contributed by atoms with Crippen LogP contribution in [0, 0.1) is 0 Å². The summed E-state index contributed by atoms with van der Waals surface area (Å²) in [4.78, 5) is 23.4. The number of allylic oxidation sites excluding steroid dienone is 2. The molecule has 0 N–H and O–H groups in total. The van der Waals surface area contributed by atoms with E-state index < -0.39 is 0 Å². The van der Waals surface area contributed by atoms with Crippen LogP contribution in [0.4, 0.5) is 0 Å². The molecular weight excluding hydrogens is 504 g/mol. The Morgan fingerprint density at radius 3 is 1.30 bits per heavy atom. The topological polar surface area (TPSA) is 71.1 Å². The van der Waals surface area contributed by atoms with Crippen LogP contribution in [0.15, 0.2) is 97.1 Å². The van der Waals surface area contributed by atoms with Crippen LogP contribution < -0.4 is 9.47 Å². The van der Waals surface area contributed by atoms with Gasteiger partial charge in [-0.25, -0.2) is 9.59 Å². The molecule has 204 valence electrons. The van der Waals surface area contributed by atoms with Gasteiger partial charge in [0.2, 0.25) is 0 Å². The first-order chi connectivity index (χ1) is 19.3. The summed E-state index contributed by atoms with van der Waals surface area (Å²) in [6.07, 6.45) is 2.97. The molecule has 4 rings (SSSR count). The molecule has 0 bridgehead atoms. The van der Waals surface area contributed by atoms with Crippen LogP contribution in [-0.2, 0) is 19.1 Å². The molecule has 40 heavy (non-hydrogen) atoms. The van der Waals surface area contributed by atoms with Crippen molar-refractivity contribution in [1.29, 1.82) is 0 Å².